The summed E-state index contributed by atoms with van der Waals surface area (Å²) in [6.07, 6.45) is 2.67. The molecule has 0 saturated carbocycles. The van der Waals surface area contributed by atoms with Crippen LogP contribution in [0.1, 0.15) is 5.56 Å². The minimum absolute atomic E-state index is 0.0952. The second kappa shape index (κ2) is 7.06. The number of anilines is 1. The van der Waals surface area contributed by atoms with Crippen LogP contribution in [-0.2, 0) is 4.79 Å². The lowest BCUT2D eigenvalue weighted by atomic mass is 10.2. The van der Waals surface area contributed by atoms with E-state index in [2.05, 4.69) is 5.32 Å². The minimum atomic E-state index is -0.526. The molecule has 1 N–H and O–H groups in total. The van der Waals surface area contributed by atoms with Crippen LogP contribution in [0.5, 0.6) is 0 Å². The number of nitro benzene ring substituents is 1. The number of hydrogen-bond acceptors (Lipinski definition) is 3. The molecule has 0 unspecified atom stereocenters. The lowest BCUT2D eigenvalue weighted by molar-refractivity contribution is -0.384. The summed E-state index contributed by atoms with van der Waals surface area (Å²) in [6.45, 7) is 0. The molecule has 0 bridgehead atoms. The van der Waals surface area contributed by atoms with Crippen LogP contribution < -0.4 is 5.32 Å². The zero-order valence-electron chi connectivity index (χ0n) is 11.1. The first-order valence-corrected chi connectivity index (χ1v) is 6.90. The number of halogens is 2. The standard InChI is InChI=1S/C15H10Cl2N2O3/c16-11-2-4-12(5-3-11)18-15(20)8-1-10-9-13(19(21)22)6-7-14(10)17/h1-9H,(H,18,20)/b8-1+. The Morgan fingerprint density at radius 1 is 1.14 bits per heavy atom. The van der Waals surface area contributed by atoms with E-state index >= 15 is 0 Å². The number of rotatable bonds is 4. The molecule has 2 aromatic rings. The molecule has 0 fully saturated rings. The maximum atomic E-state index is 11.8. The third-order valence-electron chi connectivity index (χ3n) is 2.72. The van der Waals surface area contributed by atoms with Crippen molar-refractivity contribution in [2.24, 2.45) is 0 Å². The van der Waals surface area contributed by atoms with Crippen LogP contribution in [-0.4, -0.2) is 10.8 Å². The highest BCUT2D eigenvalue weighted by molar-refractivity contribution is 6.32. The van der Waals surface area contributed by atoms with Gasteiger partial charge in [0.2, 0.25) is 5.91 Å². The number of carbonyl (C=O) groups excluding carboxylic acids is 1. The van der Waals surface area contributed by atoms with Crippen molar-refractivity contribution in [3.05, 3.63) is 74.3 Å². The van der Waals surface area contributed by atoms with E-state index in [1.54, 1.807) is 24.3 Å². The Hall–Kier alpha value is -2.37. The van der Waals surface area contributed by atoms with E-state index < -0.39 is 4.92 Å². The van der Waals surface area contributed by atoms with Crippen LogP contribution in [0.2, 0.25) is 10.0 Å². The van der Waals surface area contributed by atoms with Gasteiger partial charge in [-0.25, -0.2) is 0 Å². The third-order valence-corrected chi connectivity index (χ3v) is 3.31. The number of nitrogens with zero attached hydrogens (tertiary/aromatic N) is 1. The van der Waals surface area contributed by atoms with Crippen molar-refractivity contribution >= 4 is 46.6 Å². The van der Waals surface area contributed by atoms with E-state index in [-0.39, 0.29) is 11.6 Å². The molecule has 5 nitrogen and oxygen atoms in total. The molecular weight excluding hydrogens is 327 g/mol. The summed E-state index contributed by atoms with van der Waals surface area (Å²) in [5, 5.41) is 14.2. The van der Waals surface area contributed by atoms with E-state index in [9.17, 15) is 14.9 Å². The second-order valence-electron chi connectivity index (χ2n) is 4.29. The second-order valence-corrected chi connectivity index (χ2v) is 5.14. The van der Waals surface area contributed by atoms with E-state index in [0.717, 1.165) is 0 Å². The van der Waals surface area contributed by atoms with Gasteiger partial charge in [0.1, 0.15) is 0 Å². The highest BCUT2D eigenvalue weighted by Crippen LogP contribution is 2.23. The van der Waals surface area contributed by atoms with E-state index in [4.69, 9.17) is 23.2 Å². The summed E-state index contributed by atoms with van der Waals surface area (Å²) >= 11 is 11.7. The zero-order chi connectivity index (χ0) is 16.1. The maximum absolute atomic E-state index is 11.8. The number of nitrogens with one attached hydrogen (secondary N) is 1. The number of carbonyl (C=O) groups is 1. The molecule has 0 heterocycles. The zero-order valence-corrected chi connectivity index (χ0v) is 12.6. The number of non-ortho nitro benzene ring substituents is 1. The molecule has 0 radical (unpaired) electrons. The first-order valence-electron chi connectivity index (χ1n) is 6.14. The summed E-state index contributed by atoms with van der Waals surface area (Å²) < 4.78 is 0. The van der Waals surface area contributed by atoms with Gasteiger partial charge >= 0.3 is 0 Å². The first-order chi connectivity index (χ1) is 10.5. The fraction of sp³-hybridized carbons (Fsp3) is 0. The molecule has 2 rings (SSSR count). The first kappa shape index (κ1) is 16.0. The predicted molar refractivity (Wildman–Crippen MR) is 87.2 cm³/mol. The highest BCUT2D eigenvalue weighted by Gasteiger charge is 2.08. The molecular formula is C15H10Cl2N2O3. The molecule has 0 spiro atoms. The Balaban J connectivity index is 2.10. The van der Waals surface area contributed by atoms with Crippen molar-refractivity contribution in [1.82, 2.24) is 0 Å². The Morgan fingerprint density at radius 3 is 2.45 bits per heavy atom. The average molecular weight is 337 g/mol. The largest absolute Gasteiger partial charge is 0.323 e. The van der Waals surface area contributed by atoms with Gasteiger partial charge in [-0.3, -0.25) is 14.9 Å². The molecule has 1 amide bonds. The van der Waals surface area contributed by atoms with Crippen LogP contribution in [0.25, 0.3) is 6.08 Å². The van der Waals surface area contributed by atoms with Crippen LogP contribution >= 0.6 is 23.2 Å². The molecule has 7 heteroatoms. The smallest absolute Gasteiger partial charge is 0.270 e. The third kappa shape index (κ3) is 4.31. The minimum Gasteiger partial charge on any atom is -0.323 e. The van der Waals surface area contributed by atoms with Crippen molar-refractivity contribution in [2.75, 3.05) is 5.32 Å². The molecule has 112 valence electrons. The van der Waals surface area contributed by atoms with Crippen LogP contribution in [0.15, 0.2) is 48.5 Å². The number of benzene rings is 2. The maximum Gasteiger partial charge on any atom is 0.270 e. The summed E-state index contributed by atoms with van der Waals surface area (Å²) in [7, 11) is 0. The van der Waals surface area contributed by atoms with Crippen LogP contribution in [0.3, 0.4) is 0 Å². The van der Waals surface area contributed by atoms with Gasteiger partial charge < -0.3 is 5.32 Å². The van der Waals surface area contributed by atoms with E-state index in [1.165, 1.54) is 30.4 Å². The van der Waals surface area contributed by atoms with E-state index in [1.807, 2.05) is 0 Å². The van der Waals surface area contributed by atoms with Gasteiger partial charge in [-0.05, 0) is 36.4 Å². The van der Waals surface area contributed by atoms with Crippen molar-refractivity contribution in [1.29, 1.82) is 0 Å². The lowest BCUT2D eigenvalue weighted by Crippen LogP contribution is -2.07. The average Bonchev–Trinajstić information content (AvgIpc) is 2.48. The molecule has 0 aromatic heterocycles. The summed E-state index contributed by atoms with van der Waals surface area (Å²) in [5.74, 6) is -0.384. The lowest BCUT2D eigenvalue weighted by Gasteiger charge is -2.02. The number of hydrogen-bond donors (Lipinski definition) is 1. The monoisotopic (exact) mass is 336 g/mol. The fourth-order valence-electron chi connectivity index (χ4n) is 1.66. The van der Waals surface area contributed by atoms with Gasteiger partial charge in [-0.1, -0.05) is 23.2 Å². The van der Waals surface area contributed by atoms with Gasteiger partial charge in [0.15, 0.2) is 0 Å². The predicted octanol–water partition coefficient (Wildman–Crippen LogP) is 4.55. The topological polar surface area (TPSA) is 72.2 Å². The van der Waals surface area contributed by atoms with Crippen molar-refractivity contribution in [3.63, 3.8) is 0 Å². The molecule has 0 atom stereocenters. The van der Waals surface area contributed by atoms with Crippen molar-refractivity contribution < 1.29 is 9.72 Å². The Bertz CT molecular complexity index is 743. The summed E-state index contributed by atoms with van der Waals surface area (Å²) in [5.41, 5.74) is 0.883. The van der Waals surface area contributed by atoms with Crippen LogP contribution in [0, 0.1) is 10.1 Å². The molecule has 0 saturated heterocycles. The van der Waals surface area contributed by atoms with Gasteiger partial charge in [-0.15, -0.1) is 0 Å². The van der Waals surface area contributed by atoms with E-state index in [0.29, 0.717) is 21.3 Å². The molecule has 22 heavy (non-hydrogen) atoms. The van der Waals surface area contributed by atoms with Crippen molar-refractivity contribution in [2.45, 2.75) is 0 Å². The Morgan fingerprint density at radius 2 is 1.82 bits per heavy atom. The number of nitro groups is 1. The van der Waals surface area contributed by atoms with Crippen LogP contribution in [0.4, 0.5) is 11.4 Å². The molecule has 0 aliphatic rings. The number of amides is 1. The fourth-order valence-corrected chi connectivity index (χ4v) is 1.96. The SMILES string of the molecule is O=C(/C=C/c1cc([N+](=O)[O-])ccc1Cl)Nc1ccc(Cl)cc1. The Labute approximate surface area is 136 Å². The Kier molecular flexibility index (Phi) is 5.14. The van der Waals surface area contributed by atoms with Gasteiger partial charge in [-0.2, -0.15) is 0 Å². The quantitative estimate of drug-likeness (QED) is 0.505. The summed E-state index contributed by atoms with van der Waals surface area (Å²) in [6, 6.07) is 10.6. The molecule has 0 aliphatic heterocycles. The van der Waals surface area contributed by atoms with Crippen molar-refractivity contribution in [3.8, 4) is 0 Å². The molecule has 0 aliphatic carbocycles. The normalized spacial score (nSPS) is 10.6. The van der Waals surface area contributed by atoms with Gasteiger partial charge in [0.25, 0.3) is 5.69 Å². The highest BCUT2D eigenvalue weighted by atomic mass is 35.5. The summed E-state index contributed by atoms with van der Waals surface area (Å²) in [4.78, 5) is 22.0. The van der Waals surface area contributed by atoms with Gasteiger partial charge in [0.05, 0.1) is 4.92 Å². The van der Waals surface area contributed by atoms with Gasteiger partial charge in [0, 0.05) is 39.5 Å². The molecule has 2 aromatic carbocycles.